The van der Waals surface area contributed by atoms with Crippen molar-refractivity contribution in [3.63, 3.8) is 0 Å². The van der Waals surface area contributed by atoms with Crippen LogP contribution in [0.15, 0.2) is 66.2 Å². The van der Waals surface area contributed by atoms with E-state index in [1.807, 2.05) is 22.9 Å². The van der Waals surface area contributed by atoms with E-state index in [2.05, 4.69) is 71.8 Å². The molecular weight excluding hydrogens is 503 g/mol. The van der Waals surface area contributed by atoms with Gasteiger partial charge in [0.1, 0.15) is 24.5 Å². The van der Waals surface area contributed by atoms with Gasteiger partial charge >= 0.3 is 0 Å². The van der Waals surface area contributed by atoms with Gasteiger partial charge in [0, 0.05) is 6.54 Å². The van der Waals surface area contributed by atoms with Gasteiger partial charge in [-0.3, -0.25) is 0 Å². The van der Waals surface area contributed by atoms with Crippen LogP contribution in [0, 0.1) is 6.92 Å². The zero-order valence-corrected chi connectivity index (χ0v) is 20.6. The third-order valence-electron chi connectivity index (χ3n) is 4.55. The highest BCUT2D eigenvalue weighted by Crippen LogP contribution is 2.17. The first kappa shape index (κ1) is 24.6. The van der Waals surface area contributed by atoms with E-state index in [-0.39, 0.29) is 30.1 Å². The number of guanidine groups is 1. The molecule has 0 aliphatic carbocycles. The first-order valence-electron chi connectivity index (χ1n) is 10.3. The van der Waals surface area contributed by atoms with Crippen LogP contribution in [-0.4, -0.2) is 39.9 Å². The second-order valence-electron chi connectivity index (χ2n) is 7.18. The Hall–Kier alpha value is -2.62. The molecule has 31 heavy (non-hydrogen) atoms. The Bertz CT molecular complexity index is 945. The number of hydrogen-bond acceptors (Lipinski definition) is 4. The molecule has 0 aliphatic heterocycles. The Morgan fingerprint density at radius 1 is 1.13 bits per heavy atom. The van der Waals surface area contributed by atoms with Crippen molar-refractivity contribution in [3.05, 3.63) is 77.9 Å². The smallest absolute Gasteiger partial charge is 0.191 e. The molecule has 0 bridgehead atoms. The number of rotatable bonds is 9. The van der Waals surface area contributed by atoms with Gasteiger partial charge in [0.2, 0.25) is 0 Å². The number of nitrogens with zero attached hydrogens (tertiary/aromatic N) is 4. The monoisotopic (exact) mass is 534 g/mol. The zero-order chi connectivity index (χ0) is 21.2. The summed E-state index contributed by atoms with van der Waals surface area (Å²) in [6.07, 6.45) is 3.28. The molecule has 0 fully saturated rings. The number of ether oxygens (including phenoxy) is 1. The van der Waals surface area contributed by atoms with Crippen molar-refractivity contribution in [3.8, 4) is 5.75 Å². The molecule has 0 amide bonds. The van der Waals surface area contributed by atoms with Gasteiger partial charge in [-0.05, 0) is 43.5 Å². The largest absolute Gasteiger partial charge is 0.489 e. The maximum absolute atomic E-state index is 6.04. The lowest BCUT2D eigenvalue weighted by Crippen LogP contribution is -2.41. The van der Waals surface area contributed by atoms with Crippen molar-refractivity contribution in [1.82, 2.24) is 25.4 Å². The number of benzene rings is 2. The Labute approximate surface area is 201 Å². The van der Waals surface area contributed by atoms with Crippen molar-refractivity contribution in [2.24, 2.45) is 4.99 Å². The maximum Gasteiger partial charge on any atom is 0.191 e. The third kappa shape index (κ3) is 8.20. The van der Waals surface area contributed by atoms with Crippen LogP contribution in [0.1, 0.15) is 30.5 Å². The molecule has 166 valence electrons. The Morgan fingerprint density at radius 2 is 1.94 bits per heavy atom. The van der Waals surface area contributed by atoms with Gasteiger partial charge in [-0.1, -0.05) is 42.5 Å². The van der Waals surface area contributed by atoms with Gasteiger partial charge in [0.15, 0.2) is 5.96 Å². The van der Waals surface area contributed by atoms with Crippen LogP contribution in [0.25, 0.3) is 0 Å². The molecule has 0 aliphatic rings. The van der Waals surface area contributed by atoms with Crippen LogP contribution in [0.4, 0.5) is 0 Å². The standard InChI is InChI=1S/C23H30N6O.HI/c1-4-25-23(26-13-19(3)30-22-11-6-5-8-18(22)2)27-14-20-9-7-10-21(12-20)15-29-17-24-16-28-29;/h5-12,16-17,19H,4,13-15H2,1-3H3,(H2,25,26,27);1H. The minimum atomic E-state index is 0. The summed E-state index contributed by atoms with van der Waals surface area (Å²) in [7, 11) is 0. The first-order valence-corrected chi connectivity index (χ1v) is 10.3. The highest BCUT2D eigenvalue weighted by molar-refractivity contribution is 14.0. The van der Waals surface area contributed by atoms with Gasteiger partial charge in [-0.15, -0.1) is 24.0 Å². The summed E-state index contributed by atoms with van der Waals surface area (Å²) in [6, 6.07) is 16.4. The summed E-state index contributed by atoms with van der Waals surface area (Å²) < 4.78 is 7.85. The average molecular weight is 534 g/mol. The summed E-state index contributed by atoms with van der Waals surface area (Å²) in [6.45, 7) is 8.91. The number of aromatic nitrogens is 3. The van der Waals surface area contributed by atoms with Crippen molar-refractivity contribution in [2.75, 3.05) is 13.1 Å². The van der Waals surface area contributed by atoms with E-state index in [1.165, 1.54) is 5.56 Å². The minimum absolute atomic E-state index is 0. The maximum atomic E-state index is 6.04. The van der Waals surface area contributed by atoms with Crippen LogP contribution in [0.5, 0.6) is 5.75 Å². The first-order chi connectivity index (χ1) is 14.6. The van der Waals surface area contributed by atoms with E-state index in [4.69, 9.17) is 9.73 Å². The van der Waals surface area contributed by atoms with Crippen LogP contribution < -0.4 is 15.4 Å². The molecular formula is C23H31IN6O. The number of hydrogen-bond donors (Lipinski definition) is 2. The predicted molar refractivity (Wildman–Crippen MR) is 135 cm³/mol. The van der Waals surface area contributed by atoms with Gasteiger partial charge in [-0.25, -0.2) is 14.7 Å². The summed E-state index contributed by atoms with van der Waals surface area (Å²) >= 11 is 0. The molecule has 1 heterocycles. The van der Waals surface area contributed by atoms with Crippen molar-refractivity contribution in [1.29, 1.82) is 0 Å². The molecule has 8 heteroatoms. The molecule has 1 aromatic heterocycles. The van der Waals surface area contributed by atoms with E-state index >= 15 is 0 Å². The highest BCUT2D eigenvalue weighted by atomic mass is 127. The number of aliphatic imine (C=N–C) groups is 1. The van der Waals surface area contributed by atoms with E-state index in [1.54, 1.807) is 12.7 Å². The Balaban J connectivity index is 0.00000341. The molecule has 2 N–H and O–H groups in total. The van der Waals surface area contributed by atoms with Crippen molar-refractivity contribution >= 4 is 29.9 Å². The lowest BCUT2D eigenvalue weighted by molar-refractivity contribution is 0.222. The van der Waals surface area contributed by atoms with Crippen LogP contribution in [-0.2, 0) is 13.1 Å². The topological polar surface area (TPSA) is 76.4 Å². The molecule has 0 radical (unpaired) electrons. The van der Waals surface area contributed by atoms with E-state index < -0.39 is 0 Å². The normalized spacial score (nSPS) is 12.0. The SMILES string of the molecule is CCNC(=NCc1cccc(Cn2cncn2)c1)NCC(C)Oc1ccccc1C.I. The number of halogens is 1. The highest BCUT2D eigenvalue weighted by Gasteiger charge is 2.07. The third-order valence-corrected chi connectivity index (χ3v) is 4.55. The van der Waals surface area contributed by atoms with E-state index in [0.29, 0.717) is 19.6 Å². The summed E-state index contributed by atoms with van der Waals surface area (Å²) in [5, 5.41) is 10.8. The fourth-order valence-electron chi connectivity index (χ4n) is 3.03. The molecule has 3 aromatic rings. The molecule has 0 saturated carbocycles. The van der Waals surface area contributed by atoms with Crippen molar-refractivity contribution < 1.29 is 4.74 Å². The second kappa shape index (κ2) is 12.9. The molecule has 0 spiro atoms. The summed E-state index contributed by atoms with van der Waals surface area (Å²) in [4.78, 5) is 8.71. The lowest BCUT2D eigenvalue weighted by atomic mass is 10.1. The lowest BCUT2D eigenvalue weighted by Gasteiger charge is -2.18. The molecule has 1 atom stereocenters. The van der Waals surface area contributed by atoms with Gasteiger partial charge in [0.05, 0.1) is 19.6 Å². The van der Waals surface area contributed by atoms with Gasteiger partial charge < -0.3 is 15.4 Å². The average Bonchev–Trinajstić information content (AvgIpc) is 3.25. The molecule has 0 saturated heterocycles. The minimum Gasteiger partial charge on any atom is -0.489 e. The Morgan fingerprint density at radius 3 is 2.68 bits per heavy atom. The van der Waals surface area contributed by atoms with E-state index in [0.717, 1.165) is 29.4 Å². The Kier molecular flexibility index (Phi) is 10.3. The fourth-order valence-corrected chi connectivity index (χ4v) is 3.03. The summed E-state index contributed by atoms with van der Waals surface area (Å²) in [5.41, 5.74) is 3.45. The van der Waals surface area contributed by atoms with Crippen LogP contribution >= 0.6 is 24.0 Å². The van der Waals surface area contributed by atoms with Gasteiger partial charge in [-0.2, -0.15) is 5.10 Å². The van der Waals surface area contributed by atoms with Crippen molar-refractivity contribution in [2.45, 2.75) is 40.0 Å². The fraction of sp³-hybridized carbons (Fsp3) is 0.348. The second-order valence-corrected chi connectivity index (χ2v) is 7.18. The predicted octanol–water partition coefficient (Wildman–Crippen LogP) is 3.78. The number of nitrogens with one attached hydrogen (secondary N) is 2. The molecule has 7 nitrogen and oxygen atoms in total. The van der Waals surface area contributed by atoms with Crippen LogP contribution in [0.3, 0.4) is 0 Å². The quantitative estimate of drug-likeness (QED) is 0.248. The summed E-state index contributed by atoms with van der Waals surface area (Å²) in [5.74, 6) is 1.69. The molecule has 1 unspecified atom stereocenters. The number of para-hydroxylation sites is 1. The number of aryl methyl sites for hydroxylation is 1. The van der Waals surface area contributed by atoms with Gasteiger partial charge in [0.25, 0.3) is 0 Å². The van der Waals surface area contributed by atoms with Crippen LogP contribution in [0.2, 0.25) is 0 Å². The van der Waals surface area contributed by atoms with E-state index in [9.17, 15) is 0 Å². The zero-order valence-electron chi connectivity index (χ0n) is 18.3. The molecule has 2 aromatic carbocycles. The molecule has 3 rings (SSSR count).